The summed E-state index contributed by atoms with van der Waals surface area (Å²) in [6.07, 6.45) is 6.98. The maximum Gasteiger partial charge on any atom is 0.0451 e. The Kier molecular flexibility index (Phi) is 5.81. The van der Waals surface area contributed by atoms with Crippen LogP contribution in [0.4, 0.5) is 0 Å². The highest BCUT2D eigenvalue weighted by Gasteiger charge is 2.22. The second-order valence-corrected chi connectivity index (χ2v) is 7.66. The van der Waals surface area contributed by atoms with Gasteiger partial charge in [0.2, 0.25) is 0 Å². The average molecular weight is 378 g/mol. The number of hydrogen-bond donors (Lipinski definition) is 0. The first-order valence-electron chi connectivity index (χ1n) is 9.58. The third-order valence-corrected chi connectivity index (χ3v) is 5.58. The molecule has 0 radical (unpaired) electrons. The molecule has 1 atom stereocenters. The maximum absolute atomic E-state index is 6.32. The fourth-order valence-corrected chi connectivity index (χ4v) is 4.05. The van der Waals surface area contributed by atoms with Crippen molar-refractivity contribution in [3.63, 3.8) is 0 Å². The van der Waals surface area contributed by atoms with Gasteiger partial charge >= 0.3 is 0 Å². The summed E-state index contributed by atoms with van der Waals surface area (Å²) in [7, 11) is 0. The van der Waals surface area contributed by atoms with Crippen LogP contribution in [0.3, 0.4) is 0 Å². The molecule has 0 saturated carbocycles. The molecule has 3 nitrogen and oxygen atoms in total. The molecule has 1 aromatic carbocycles. The molecule has 1 aliphatic rings. The van der Waals surface area contributed by atoms with E-state index in [1.165, 1.54) is 24.1 Å². The second-order valence-electron chi connectivity index (χ2n) is 7.26. The van der Waals surface area contributed by atoms with Gasteiger partial charge in [-0.2, -0.15) is 0 Å². The molecule has 138 valence electrons. The molecular formula is C23H24ClN3. The number of aromatic nitrogens is 2. The van der Waals surface area contributed by atoms with Gasteiger partial charge in [0.15, 0.2) is 0 Å². The summed E-state index contributed by atoms with van der Waals surface area (Å²) in [6.45, 7) is 3.16. The topological polar surface area (TPSA) is 29.0 Å². The quantitative estimate of drug-likeness (QED) is 0.619. The maximum atomic E-state index is 6.32. The van der Waals surface area contributed by atoms with Crippen molar-refractivity contribution in [2.45, 2.75) is 31.7 Å². The van der Waals surface area contributed by atoms with Gasteiger partial charge in [-0.25, -0.2) is 0 Å². The number of pyridine rings is 2. The zero-order valence-electron chi connectivity index (χ0n) is 15.4. The molecule has 0 N–H and O–H groups in total. The summed E-state index contributed by atoms with van der Waals surface area (Å²) in [4.78, 5) is 11.7. The van der Waals surface area contributed by atoms with E-state index in [1.54, 1.807) is 0 Å². The van der Waals surface area contributed by atoms with Crippen LogP contribution in [0.2, 0.25) is 5.02 Å². The van der Waals surface area contributed by atoms with Crippen LogP contribution in [-0.4, -0.2) is 28.0 Å². The van der Waals surface area contributed by atoms with Crippen molar-refractivity contribution in [2.24, 2.45) is 0 Å². The van der Waals surface area contributed by atoms with Gasteiger partial charge in [-0.3, -0.25) is 14.9 Å². The molecule has 1 saturated heterocycles. The fourth-order valence-electron chi connectivity index (χ4n) is 3.85. The minimum absolute atomic E-state index is 0.488. The molecule has 27 heavy (non-hydrogen) atoms. The normalized spacial score (nSPS) is 17.7. The molecule has 1 fully saturated rings. The Balaban J connectivity index is 1.45. The summed E-state index contributed by atoms with van der Waals surface area (Å²) in [6, 6.07) is 18.6. The molecule has 4 heteroatoms. The minimum atomic E-state index is 0.488. The van der Waals surface area contributed by atoms with E-state index in [-0.39, 0.29) is 0 Å². The van der Waals surface area contributed by atoms with E-state index in [0.717, 1.165) is 42.3 Å². The lowest BCUT2D eigenvalue weighted by molar-refractivity contribution is 0.198. The summed E-state index contributed by atoms with van der Waals surface area (Å²) in [5, 5.41) is 0.810. The number of benzene rings is 1. The Morgan fingerprint density at radius 1 is 1.04 bits per heavy atom. The predicted molar refractivity (Wildman–Crippen MR) is 110 cm³/mol. The summed E-state index contributed by atoms with van der Waals surface area (Å²) >= 11 is 6.32. The number of likely N-dealkylation sites (tertiary alicyclic amines) is 1. The smallest absolute Gasteiger partial charge is 0.0451 e. The van der Waals surface area contributed by atoms with E-state index < -0.39 is 0 Å². The summed E-state index contributed by atoms with van der Waals surface area (Å²) < 4.78 is 0. The predicted octanol–water partition coefficient (Wildman–Crippen LogP) is 5.10. The van der Waals surface area contributed by atoms with Crippen molar-refractivity contribution >= 4 is 11.6 Å². The van der Waals surface area contributed by atoms with Gasteiger partial charge < -0.3 is 0 Å². The fraction of sp³-hybridized carbons (Fsp3) is 0.304. The van der Waals surface area contributed by atoms with Crippen molar-refractivity contribution in [3.8, 4) is 0 Å². The summed E-state index contributed by atoms with van der Waals surface area (Å²) in [5.41, 5.74) is 4.70. The molecule has 2 aromatic heterocycles. The highest BCUT2D eigenvalue weighted by molar-refractivity contribution is 6.31. The Morgan fingerprint density at radius 2 is 1.96 bits per heavy atom. The Hall–Kier alpha value is -2.23. The highest BCUT2D eigenvalue weighted by Crippen LogP contribution is 2.27. The molecule has 0 unspecified atom stereocenters. The Bertz CT molecular complexity index is 882. The van der Waals surface area contributed by atoms with Gasteiger partial charge in [0.1, 0.15) is 0 Å². The molecule has 0 amide bonds. The van der Waals surface area contributed by atoms with Crippen LogP contribution in [0.5, 0.6) is 0 Å². The van der Waals surface area contributed by atoms with E-state index in [4.69, 9.17) is 16.6 Å². The van der Waals surface area contributed by atoms with Crippen molar-refractivity contribution in [1.82, 2.24) is 14.9 Å². The van der Waals surface area contributed by atoms with Crippen molar-refractivity contribution in [3.05, 3.63) is 94.5 Å². The number of halogens is 1. The van der Waals surface area contributed by atoms with Crippen LogP contribution in [0.1, 0.15) is 41.3 Å². The van der Waals surface area contributed by atoms with Crippen molar-refractivity contribution in [2.75, 3.05) is 13.1 Å². The zero-order valence-corrected chi connectivity index (χ0v) is 16.1. The van der Waals surface area contributed by atoms with E-state index in [2.05, 4.69) is 40.2 Å². The number of hydrogen-bond acceptors (Lipinski definition) is 3. The number of nitrogens with zero attached hydrogens (tertiary/aromatic N) is 3. The third kappa shape index (κ3) is 4.74. The molecule has 3 heterocycles. The van der Waals surface area contributed by atoms with Crippen LogP contribution in [0.15, 0.2) is 67.0 Å². The van der Waals surface area contributed by atoms with E-state index in [1.807, 2.05) is 36.7 Å². The standard InChI is InChI=1S/C23H24ClN3/c24-22-10-2-1-7-19(22)14-21-9-3-11-23(26-21)20-8-5-13-27(17-20)16-18-6-4-12-25-15-18/h1-4,6-7,9-12,15,20H,5,8,13-14,16-17H2/t20-/m1/s1. The van der Waals surface area contributed by atoms with Crippen LogP contribution < -0.4 is 0 Å². The van der Waals surface area contributed by atoms with Crippen molar-refractivity contribution < 1.29 is 0 Å². The SMILES string of the molecule is Clc1ccccc1Cc1cccc([C@@H]2CCCN(Cc3cccnc3)C2)n1. The Labute approximate surface area is 166 Å². The number of piperidine rings is 1. The van der Waals surface area contributed by atoms with E-state index >= 15 is 0 Å². The molecule has 0 spiro atoms. The lowest BCUT2D eigenvalue weighted by Crippen LogP contribution is -2.34. The van der Waals surface area contributed by atoms with Crippen LogP contribution in [0, 0.1) is 0 Å². The first-order valence-corrected chi connectivity index (χ1v) is 9.96. The molecule has 0 bridgehead atoms. The van der Waals surface area contributed by atoms with Crippen molar-refractivity contribution in [1.29, 1.82) is 0 Å². The van der Waals surface area contributed by atoms with Crippen LogP contribution in [-0.2, 0) is 13.0 Å². The minimum Gasteiger partial charge on any atom is -0.298 e. The lowest BCUT2D eigenvalue weighted by Gasteiger charge is -2.32. The van der Waals surface area contributed by atoms with Gasteiger partial charge in [0, 0.05) is 54.2 Å². The molecule has 1 aliphatic heterocycles. The zero-order chi connectivity index (χ0) is 18.5. The molecule has 4 rings (SSSR count). The van der Waals surface area contributed by atoms with Crippen LogP contribution >= 0.6 is 11.6 Å². The van der Waals surface area contributed by atoms with Gasteiger partial charge in [-0.1, -0.05) is 41.9 Å². The molecule has 3 aromatic rings. The average Bonchev–Trinajstić information content (AvgIpc) is 2.71. The Morgan fingerprint density at radius 3 is 2.81 bits per heavy atom. The van der Waals surface area contributed by atoms with E-state index in [9.17, 15) is 0 Å². The molecular weight excluding hydrogens is 354 g/mol. The summed E-state index contributed by atoms with van der Waals surface area (Å²) in [5.74, 6) is 0.488. The third-order valence-electron chi connectivity index (χ3n) is 5.21. The molecule has 0 aliphatic carbocycles. The van der Waals surface area contributed by atoms with Gasteiger partial charge in [0.25, 0.3) is 0 Å². The van der Waals surface area contributed by atoms with E-state index in [0.29, 0.717) is 5.92 Å². The second kappa shape index (κ2) is 8.64. The van der Waals surface area contributed by atoms with Gasteiger partial charge in [0.05, 0.1) is 0 Å². The largest absolute Gasteiger partial charge is 0.298 e. The monoisotopic (exact) mass is 377 g/mol. The number of rotatable bonds is 5. The lowest BCUT2D eigenvalue weighted by atomic mass is 9.93. The van der Waals surface area contributed by atoms with Crippen LogP contribution in [0.25, 0.3) is 0 Å². The van der Waals surface area contributed by atoms with Gasteiger partial charge in [-0.05, 0) is 54.8 Å². The first kappa shape index (κ1) is 18.1. The highest BCUT2D eigenvalue weighted by atomic mass is 35.5. The first-order chi connectivity index (χ1) is 13.3. The van der Waals surface area contributed by atoms with Gasteiger partial charge in [-0.15, -0.1) is 0 Å².